The molecule has 0 amide bonds. The molecule has 1 aromatic heterocycles. The van der Waals surface area contributed by atoms with Gasteiger partial charge in [0.1, 0.15) is 0 Å². The zero-order valence-electron chi connectivity index (χ0n) is 6.92. The second kappa shape index (κ2) is 4.89. The average molecular weight is 344 g/mol. The van der Waals surface area contributed by atoms with E-state index >= 15 is 0 Å². The fraction of sp³-hybridized carbons (Fsp3) is 0. The minimum absolute atomic E-state index is 0. The van der Waals surface area contributed by atoms with Crippen LogP contribution in [0.2, 0.25) is 0 Å². The maximum Gasteiger partial charge on any atom is 1.00 e. The van der Waals surface area contributed by atoms with E-state index in [1.54, 1.807) is 6.20 Å². The van der Waals surface area contributed by atoms with Crippen LogP contribution in [0.5, 0.6) is 0 Å². The van der Waals surface area contributed by atoms with Crippen LogP contribution < -0.4 is 0 Å². The standard InChI is InChI=1S/C11H8N.Os/c1-2-6-10(7-3-1)11-8-4-5-9-12-11;/h1-6,8-9H;/q-1;+1. The predicted octanol–water partition coefficient (Wildman–Crippen LogP) is 2.55. The third-order valence-corrected chi connectivity index (χ3v) is 1.65. The predicted molar refractivity (Wildman–Crippen MR) is 48.5 cm³/mol. The molecule has 65 valence electrons. The maximum absolute atomic E-state index is 4.22. The molecule has 2 heteroatoms. The van der Waals surface area contributed by atoms with Gasteiger partial charge in [-0.25, -0.2) is 0 Å². The summed E-state index contributed by atoms with van der Waals surface area (Å²) in [6.45, 7) is 0. The van der Waals surface area contributed by atoms with Gasteiger partial charge in [-0.2, -0.15) is 0 Å². The van der Waals surface area contributed by atoms with Crippen LogP contribution in [0.3, 0.4) is 0 Å². The van der Waals surface area contributed by atoms with Crippen molar-refractivity contribution in [2.24, 2.45) is 0 Å². The van der Waals surface area contributed by atoms with Crippen molar-refractivity contribution < 1.29 is 19.8 Å². The first-order valence-electron chi connectivity index (χ1n) is 3.85. The first-order chi connectivity index (χ1) is 5.97. The molecule has 0 aliphatic carbocycles. The Bertz CT molecular complexity index is 307. The molecule has 2 rings (SSSR count). The number of aromatic nitrogens is 1. The zero-order valence-corrected chi connectivity index (χ0v) is 9.46. The van der Waals surface area contributed by atoms with Gasteiger partial charge in [-0.3, -0.25) is 0 Å². The molecule has 0 saturated heterocycles. The number of benzene rings is 1. The van der Waals surface area contributed by atoms with Crippen molar-refractivity contribution in [1.29, 1.82) is 0 Å². The molecule has 0 atom stereocenters. The topological polar surface area (TPSA) is 12.9 Å². The largest absolute Gasteiger partial charge is 1.00 e. The number of hydrogen-bond acceptors (Lipinski definition) is 1. The number of hydrogen-bond donors (Lipinski definition) is 0. The van der Waals surface area contributed by atoms with Crippen LogP contribution in [0.25, 0.3) is 11.3 Å². The van der Waals surface area contributed by atoms with E-state index in [1.165, 1.54) is 0 Å². The van der Waals surface area contributed by atoms with Gasteiger partial charge in [0.2, 0.25) is 0 Å². The summed E-state index contributed by atoms with van der Waals surface area (Å²) in [7, 11) is 0. The van der Waals surface area contributed by atoms with Crippen molar-refractivity contribution in [2.75, 3.05) is 0 Å². The fourth-order valence-electron chi connectivity index (χ4n) is 1.07. The first kappa shape index (κ1) is 10.1. The smallest absolute Gasteiger partial charge is 0.305 e. The summed E-state index contributed by atoms with van der Waals surface area (Å²) in [6.07, 6.45) is 1.79. The van der Waals surface area contributed by atoms with Gasteiger partial charge in [-0.1, -0.05) is 12.1 Å². The Kier molecular flexibility index (Phi) is 3.80. The van der Waals surface area contributed by atoms with E-state index in [1.807, 2.05) is 42.5 Å². The molecule has 0 aliphatic rings. The Morgan fingerprint density at radius 3 is 2.46 bits per heavy atom. The van der Waals surface area contributed by atoms with Crippen molar-refractivity contribution in [3.63, 3.8) is 0 Å². The number of rotatable bonds is 1. The average Bonchev–Trinajstić information content (AvgIpc) is 2.21. The molecule has 0 fully saturated rings. The molecule has 0 spiro atoms. The Morgan fingerprint density at radius 2 is 1.85 bits per heavy atom. The third kappa shape index (κ3) is 2.47. The van der Waals surface area contributed by atoms with Crippen molar-refractivity contribution >= 4 is 0 Å². The molecular weight excluding hydrogens is 336 g/mol. The molecule has 0 bridgehead atoms. The Balaban J connectivity index is 0.000000845. The van der Waals surface area contributed by atoms with E-state index in [4.69, 9.17) is 0 Å². The van der Waals surface area contributed by atoms with Gasteiger partial charge in [0.05, 0.1) is 0 Å². The molecule has 1 aromatic carbocycles. The molecule has 0 aliphatic heterocycles. The molecule has 1 heterocycles. The monoisotopic (exact) mass is 346 g/mol. The summed E-state index contributed by atoms with van der Waals surface area (Å²) in [4.78, 5) is 4.22. The number of nitrogens with zero attached hydrogens (tertiary/aromatic N) is 1. The summed E-state index contributed by atoms with van der Waals surface area (Å²) in [5.41, 5.74) is 2.01. The molecule has 0 unspecified atom stereocenters. The Labute approximate surface area is 90.9 Å². The van der Waals surface area contributed by atoms with Crippen LogP contribution in [0.15, 0.2) is 48.7 Å². The van der Waals surface area contributed by atoms with E-state index in [-0.39, 0.29) is 19.8 Å². The van der Waals surface area contributed by atoms with Crippen LogP contribution in [0.1, 0.15) is 0 Å². The van der Waals surface area contributed by atoms with Gasteiger partial charge in [-0.15, -0.1) is 35.9 Å². The van der Waals surface area contributed by atoms with Gasteiger partial charge in [0, 0.05) is 6.20 Å². The molecule has 13 heavy (non-hydrogen) atoms. The van der Waals surface area contributed by atoms with E-state index in [0.29, 0.717) is 0 Å². The van der Waals surface area contributed by atoms with E-state index in [0.717, 1.165) is 11.3 Å². The van der Waals surface area contributed by atoms with Gasteiger partial charge >= 0.3 is 19.8 Å². The van der Waals surface area contributed by atoms with Crippen molar-refractivity contribution in [1.82, 2.24) is 4.98 Å². The molecule has 2 aromatic rings. The number of pyridine rings is 1. The summed E-state index contributed by atoms with van der Waals surface area (Å²) < 4.78 is 0. The van der Waals surface area contributed by atoms with Gasteiger partial charge in [0.15, 0.2) is 0 Å². The van der Waals surface area contributed by atoms with Crippen LogP contribution in [0.4, 0.5) is 0 Å². The van der Waals surface area contributed by atoms with Gasteiger partial charge in [0.25, 0.3) is 0 Å². The fourth-order valence-corrected chi connectivity index (χ4v) is 1.07. The molecule has 0 N–H and O–H groups in total. The minimum atomic E-state index is 0. The molecular formula is C11H8NOs. The van der Waals surface area contributed by atoms with E-state index < -0.39 is 0 Å². The van der Waals surface area contributed by atoms with Crippen molar-refractivity contribution in [3.05, 3.63) is 54.7 Å². The van der Waals surface area contributed by atoms with Crippen LogP contribution in [-0.4, -0.2) is 4.98 Å². The normalized spacial score (nSPS) is 8.92. The zero-order chi connectivity index (χ0) is 8.23. The first-order valence-corrected chi connectivity index (χ1v) is 3.85. The second-order valence-corrected chi connectivity index (χ2v) is 2.49. The maximum atomic E-state index is 4.22. The van der Waals surface area contributed by atoms with E-state index in [2.05, 4.69) is 11.1 Å². The molecule has 1 nitrogen and oxygen atoms in total. The van der Waals surface area contributed by atoms with Gasteiger partial charge in [-0.05, 0) is 11.8 Å². The van der Waals surface area contributed by atoms with Gasteiger partial charge < -0.3 is 4.98 Å². The summed E-state index contributed by atoms with van der Waals surface area (Å²) in [5, 5.41) is 0. The minimum Gasteiger partial charge on any atom is -0.305 e. The van der Waals surface area contributed by atoms with Crippen LogP contribution in [-0.2, 0) is 19.8 Å². The quantitative estimate of drug-likeness (QED) is 0.725. The van der Waals surface area contributed by atoms with Crippen molar-refractivity contribution in [2.45, 2.75) is 0 Å². The van der Waals surface area contributed by atoms with Crippen molar-refractivity contribution in [3.8, 4) is 11.3 Å². The van der Waals surface area contributed by atoms with E-state index in [9.17, 15) is 0 Å². The van der Waals surface area contributed by atoms with Crippen LogP contribution >= 0.6 is 0 Å². The summed E-state index contributed by atoms with van der Waals surface area (Å²) in [5.74, 6) is 0. The molecule has 0 saturated carbocycles. The Morgan fingerprint density at radius 1 is 1.00 bits per heavy atom. The SMILES string of the molecule is [Os+].[c-]1ccccc1-c1ccccn1. The Hall–Kier alpha value is -0.994. The summed E-state index contributed by atoms with van der Waals surface area (Å²) in [6, 6.07) is 16.8. The molecule has 1 radical (unpaired) electrons. The second-order valence-electron chi connectivity index (χ2n) is 2.49. The summed E-state index contributed by atoms with van der Waals surface area (Å²) >= 11 is 0. The third-order valence-electron chi connectivity index (χ3n) is 1.65. The van der Waals surface area contributed by atoms with Crippen LogP contribution in [0, 0.1) is 6.07 Å².